The van der Waals surface area contributed by atoms with Crippen LogP contribution in [0, 0.1) is 0 Å². The van der Waals surface area contributed by atoms with E-state index in [1.807, 2.05) is 48.5 Å². The van der Waals surface area contributed by atoms with Gasteiger partial charge in [0.2, 0.25) is 0 Å². The van der Waals surface area contributed by atoms with Crippen molar-refractivity contribution in [2.24, 2.45) is 0 Å². The van der Waals surface area contributed by atoms with Crippen molar-refractivity contribution in [2.75, 3.05) is 0 Å². The largest absolute Gasteiger partial charge is 1.00 e. The number of hydrogen-bond acceptors (Lipinski definition) is 10. The smallest absolute Gasteiger partial charge is 0.780 e. The first-order valence-electron chi connectivity index (χ1n) is 14.4. The van der Waals surface area contributed by atoms with Gasteiger partial charge in [-0.1, -0.05) is 72.8 Å². The van der Waals surface area contributed by atoms with Gasteiger partial charge in [0.15, 0.2) is 11.6 Å². The summed E-state index contributed by atoms with van der Waals surface area (Å²) in [4.78, 5) is 22.7. The number of ketones is 2. The molecule has 0 atom stereocenters. The third-order valence-electron chi connectivity index (χ3n) is 6.91. The predicted molar refractivity (Wildman–Crippen MR) is 188 cm³/mol. The summed E-state index contributed by atoms with van der Waals surface area (Å²) in [7, 11) is -4.33. The zero-order chi connectivity index (χ0) is 35.6. The number of benzene rings is 4. The number of rotatable bonds is 4. The molecule has 4 aromatic rings. The Kier molecular flexibility index (Phi) is 17.2. The third-order valence-corrected chi connectivity index (χ3v) is 6.91. The number of aromatic hydroxyl groups is 4. The molecule has 6 rings (SSSR count). The molecule has 9 nitrogen and oxygen atoms in total. The molecule has 0 saturated heterocycles. The first-order valence-corrected chi connectivity index (χ1v) is 16.7. The van der Waals surface area contributed by atoms with Gasteiger partial charge in [-0.15, -0.1) is 9.05 Å². The standard InChI is InChI=1S/2C19H14O3.2Na.H2O3S2/c2*20-16-7-1-13(2-8-16)19(14-3-9-17(21)10-4-14)15-5-11-18(22)12-6-15;;;1-5(2,3)4/h2*1-12,20-21H;;;(H2,1,2,3,4)/q;;2*+1;/p-2. The zero-order valence-corrected chi connectivity index (χ0v) is 33.1. The molecule has 2 aliphatic carbocycles. The Hall–Kier alpha value is -3.85. The van der Waals surface area contributed by atoms with E-state index in [0.29, 0.717) is 0 Å². The minimum absolute atomic E-state index is 0. The number of carbonyl (C=O) groups excluding carboxylic acids is 2. The predicted octanol–water partition coefficient (Wildman–Crippen LogP) is 0.191. The Labute approximate surface area is 344 Å². The van der Waals surface area contributed by atoms with Gasteiger partial charge in [-0.25, -0.2) is 0 Å². The summed E-state index contributed by atoms with van der Waals surface area (Å²) < 4.78 is 26.7. The average molecular weight is 739 g/mol. The maximum atomic E-state index is 11.3. The summed E-state index contributed by atoms with van der Waals surface area (Å²) in [6.45, 7) is 0. The van der Waals surface area contributed by atoms with Crippen molar-refractivity contribution < 1.29 is 102 Å². The Morgan fingerprint density at radius 2 is 0.608 bits per heavy atom. The topological polar surface area (TPSA) is 178 Å². The number of phenolic OH excluding ortho intramolecular Hbond substituents is 4. The minimum atomic E-state index is -4.33. The second-order valence-electron chi connectivity index (χ2n) is 10.4. The van der Waals surface area contributed by atoms with Crippen molar-refractivity contribution in [2.45, 2.75) is 0 Å². The Morgan fingerprint density at radius 1 is 0.431 bits per heavy atom. The first-order chi connectivity index (χ1) is 23.3. The molecule has 4 aromatic carbocycles. The average Bonchev–Trinajstić information content (AvgIpc) is 3.06. The Balaban J connectivity index is 0.000000302. The fourth-order valence-corrected chi connectivity index (χ4v) is 4.76. The maximum Gasteiger partial charge on any atom is 1.00 e. The van der Waals surface area contributed by atoms with Crippen molar-refractivity contribution >= 4 is 43.0 Å². The molecule has 0 spiro atoms. The van der Waals surface area contributed by atoms with Crippen LogP contribution in [0.3, 0.4) is 0 Å². The quantitative estimate of drug-likeness (QED) is 0.212. The van der Waals surface area contributed by atoms with E-state index in [9.17, 15) is 30.0 Å². The van der Waals surface area contributed by atoms with Crippen LogP contribution in [0.1, 0.15) is 22.3 Å². The normalized spacial score (nSPS) is 12.7. The fourth-order valence-electron chi connectivity index (χ4n) is 4.76. The maximum absolute atomic E-state index is 11.3. The van der Waals surface area contributed by atoms with Gasteiger partial charge in [0.1, 0.15) is 23.0 Å². The molecule has 13 heteroatoms. The molecule has 248 valence electrons. The van der Waals surface area contributed by atoms with Crippen LogP contribution in [-0.4, -0.2) is 45.3 Å². The van der Waals surface area contributed by atoms with Crippen molar-refractivity contribution in [3.63, 3.8) is 0 Å². The van der Waals surface area contributed by atoms with Crippen LogP contribution >= 0.6 is 0 Å². The molecule has 0 fully saturated rings. The summed E-state index contributed by atoms with van der Waals surface area (Å²) in [6, 6.07) is 27.6. The van der Waals surface area contributed by atoms with E-state index in [1.165, 1.54) is 24.3 Å². The van der Waals surface area contributed by atoms with E-state index < -0.39 is 9.05 Å². The van der Waals surface area contributed by atoms with E-state index in [4.69, 9.17) is 13.3 Å². The van der Waals surface area contributed by atoms with Gasteiger partial charge in [0.25, 0.3) is 0 Å². The van der Waals surface area contributed by atoms with Crippen LogP contribution in [0.25, 0.3) is 11.1 Å². The number of hydrogen-bond donors (Lipinski definition) is 4. The van der Waals surface area contributed by atoms with Crippen LogP contribution in [0.5, 0.6) is 23.0 Å². The molecule has 0 heterocycles. The minimum Gasteiger partial charge on any atom is -0.780 e. The molecule has 0 radical (unpaired) electrons. The molecule has 0 amide bonds. The fraction of sp³-hybridized carbons (Fsp3) is 0. The Morgan fingerprint density at radius 3 is 0.784 bits per heavy atom. The molecule has 0 aliphatic heterocycles. The summed E-state index contributed by atoms with van der Waals surface area (Å²) in [6.07, 6.45) is 13.2. The van der Waals surface area contributed by atoms with Crippen molar-refractivity contribution in [3.8, 4) is 23.0 Å². The Bertz CT molecular complexity index is 1850. The second-order valence-corrected chi connectivity index (χ2v) is 12.4. The number of phenols is 4. The van der Waals surface area contributed by atoms with Crippen LogP contribution in [0.4, 0.5) is 0 Å². The van der Waals surface area contributed by atoms with Gasteiger partial charge in [0.05, 0.1) is 0 Å². The van der Waals surface area contributed by atoms with Crippen LogP contribution in [0.2, 0.25) is 0 Å². The molecule has 0 saturated carbocycles. The van der Waals surface area contributed by atoms with Crippen LogP contribution in [0.15, 0.2) is 157 Å². The molecular weight excluding hydrogens is 711 g/mol. The zero-order valence-electron chi connectivity index (χ0n) is 27.5. The van der Waals surface area contributed by atoms with E-state index in [-0.39, 0.29) is 93.7 Å². The van der Waals surface area contributed by atoms with Gasteiger partial charge in [0, 0.05) is 0 Å². The van der Waals surface area contributed by atoms with Crippen molar-refractivity contribution in [1.29, 1.82) is 0 Å². The van der Waals surface area contributed by atoms with Gasteiger partial charge in [-0.2, -0.15) is 0 Å². The first kappa shape index (κ1) is 43.3. The molecule has 51 heavy (non-hydrogen) atoms. The molecule has 0 bridgehead atoms. The van der Waals surface area contributed by atoms with E-state index >= 15 is 0 Å². The summed E-state index contributed by atoms with van der Waals surface area (Å²) >= 11 is 3.24. The molecule has 0 aromatic heterocycles. The summed E-state index contributed by atoms with van der Waals surface area (Å²) in [5, 5.41) is 37.9. The summed E-state index contributed by atoms with van der Waals surface area (Å²) in [5.41, 5.74) is 7.33. The van der Waals surface area contributed by atoms with E-state index in [2.05, 4.69) is 11.2 Å². The van der Waals surface area contributed by atoms with E-state index in [0.717, 1.165) is 44.5 Å². The summed E-state index contributed by atoms with van der Waals surface area (Å²) in [5.74, 6) is 0.707. The molecule has 0 unspecified atom stereocenters. The SMILES string of the molecule is O=C1C=CC(=C(c2ccc(O)cc2)c2ccc(O)cc2)C=C1.O=C1C=CC(=C(c2ccc(O)cc2)c2ccc(O)cc2)C=C1.O=S([O-])([O-])=S.[Na+].[Na+]. The number of carbonyl (C=O) groups is 2. The van der Waals surface area contributed by atoms with Gasteiger partial charge < -0.3 is 29.5 Å². The molecule has 2 aliphatic rings. The third kappa shape index (κ3) is 14.0. The van der Waals surface area contributed by atoms with Crippen LogP contribution in [-0.2, 0) is 29.8 Å². The van der Waals surface area contributed by atoms with Gasteiger partial charge in [-0.05, 0) is 129 Å². The van der Waals surface area contributed by atoms with Gasteiger partial charge in [-0.3, -0.25) is 13.8 Å². The number of allylic oxidation sites excluding steroid dienone is 10. The van der Waals surface area contributed by atoms with Crippen molar-refractivity contribution in [3.05, 3.63) is 179 Å². The van der Waals surface area contributed by atoms with Crippen LogP contribution < -0.4 is 59.1 Å². The second kappa shape index (κ2) is 20.3. The molecule has 4 N–H and O–H groups in total. The van der Waals surface area contributed by atoms with Crippen molar-refractivity contribution in [1.82, 2.24) is 0 Å². The monoisotopic (exact) mass is 738 g/mol. The van der Waals surface area contributed by atoms with E-state index in [1.54, 1.807) is 72.8 Å². The molecular formula is C38H28Na2O9S2. The van der Waals surface area contributed by atoms with Gasteiger partial charge >= 0.3 is 59.1 Å².